The number of aryl methyl sites for hydroxylation is 1. The molecule has 3 heteroatoms. The second-order valence-corrected chi connectivity index (χ2v) is 3.96. The van der Waals surface area contributed by atoms with Crippen LogP contribution in [0.4, 0.5) is 5.82 Å². The number of hydrogen-bond donors (Lipinski definition) is 1. The van der Waals surface area contributed by atoms with Gasteiger partial charge in [0.25, 0.3) is 0 Å². The maximum atomic E-state index is 8.78. The van der Waals surface area contributed by atoms with E-state index in [1.807, 2.05) is 6.92 Å². The molecule has 1 aromatic rings. The van der Waals surface area contributed by atoms with Crippen LogP contribution in [0.15, 0.2) is 12.1 Å². The van der Waals surface area contributed by atoms with Gasteiger partial charge in [0, 0.05) is 11.7 Å². The molecule has 1 saturated carbocycles. The first-order valence-corrected chi connectivity index (χ1v) is 4.84. The zero-order valence-corrected chi connectivity index (χ0v) is 8.41. The first kappa shape index (κ1) is 9.01. The van der Waals surface area contributed by atoms with Crippen LogP contribution in [0.3, 0.4) is 0 Å². The fourth-order valence-corrected chi connectivity index (χ4v) is 1.52. The molecule has 2 unspecified atom stereocenters. The summed E-state index contributed by atoms with van der Waals surface area (Å²) in [7, 11) is 0. The lowest BCUT2D eigenvalue weighted by molar-refractivity contribution is 0.922. The van der Waals surface area contributed by atoms with E-state index >= 15 is 0 Å². The molecule has 1 aromatic heterocycles. The average Bonchev–Trinajstić information content (AvgIpc) is 2.80. The molecular weight excluding hydrogens is 174 g/mol. The van der Waals surface area contributed by atoms with Crippen molar-refractivity contribution in [2.75, 3.05) is 5.32 Å². The minimum atomic E-state index is 0.552. The quantitative estimate of drug-likeness (QED) is 0.771. The number of pyridine rings is 1. The molecule has 0 spiro atoms. The molecule has 72 valence electrons. The Kier molecular flexibility index (Phi) is 2.12. The third kappa shape index (κ3) is 1.85. The van der Waals surface area contributed by atoms with Crippen LogP contribution in [-0.2, 0) is 0 Å². The Hall–Kier alpha value is -1.56. The van der Waals surface area contributed by atoms with Crippen LogP contribution in [0.25, 0.3) is 0 Å². The number of hydrogen-bond acceptors (Lipinski definition) is 3. The van der Waals surface area contributed by atoms with Crippen LogP contribution in [0.1, 0.15) is 24.6 Å². The number of rotatable bonds is 2. The van der Waals surface area contributed by atoms with Crippen molar-refractivity contribution in [3.8, 4) is 6.07 Å². The number of nitrogens with zero attached hydrogens (tertiary/aromatic N) is 2. The topological polar surface area (TPSA) is 48.7 Å². The largest absolute Gasteiger partial charge is 0.367 e. The fourth-order valence-electron chi connectivity index (χ4n) is 1.52. The van der Waals surface area contributed by atoms with Gasteiger partial charge in [-0.25, -0.2) is 4.98 Å². The van der Waals surface area contributed by atoms with Crippen LogP contribution in [0, 0.1) is 24.2 Å². The zero-order valence-electron chi connectivity index (χ0n) is 8.41. The van der Waals surface area contributed by atoms with E-state index in [0.29, 0.717) is 11.6 Å². The third-order valence-electron chi connectivity index (χ3n) is 2.53. The van der Waals surface area contributed by atoms with Crippen molar-refractivity contribution in [2.24, 2.45) is 5.92 Å². The molecule has 0 saturated heterocycles. The summed E-state index contributed by atoms with van der Waals surface area (Å²) in [5, 5.41) is 12.1. The summed E-state index contributed by atoms with van der Waals surface area (Å²) in [5.41, 5.74) is 1.56. The average molecular weight is 187 g/mol. The van der Waals surface area contributed by atoms with Gasteiger partial charge in [-0.15, -0.1) is 0 Å². The summed E-state index contributed by atoms with van der Waals surface area (Å²) in [6.07, 6.45) is 1.21. The normalized spacial score (nSPS) is 24.1. The standard InChI is InChI=1S/C11H13N3/c1-7-3-10(7)14-11-5-9(6-12)4-8(2)13-11/h4-5,7,10H,3H2,1-2H3,(H,13,14). The molecular formula is C11H13N3. The van der Waals surface area contributed by atoms with Gasteiger partial charge in [-0.1, -0.05) is 6.92 Å². The SMILES string of the molecule is Cc1cc(C#N)cc(NC2CC2C)n1. The highest BCUT2D eigenvalue weighted by atomic mass is 15.0. The van der Waals surface area contributed by atoms with E-state index in [9.17, 15) is 0 Å². The lowest BCUT2D eigenvalue weighted by Gasteiger charge is -2.05. The number of nitriles is 1. The smallest absolute Gasteiger partial charge is 0.127 e. The van der Waals surface area contributed by atoms with Gasteiger partial charge >= 0.3 is 0 Å². The molecule has 2 rings (SSSR count). The lowest BCUT2D eigenvalue weighted by Crippen LogP contribution is -2.06. The van der Waals surface area contributed by atoms with Crippen molar-refractivity contribution in [3.05, 3.63) is 23.4 Å². The third-order valence-corrected chi connectivity index (χ3v) is 2.53. The lowest BCUT2D eigenvalue weighted by atomic mass is 10.2. The summed E-state index contributed by atoms with van der Waals surface area (Å²) in [6.45, 7) is 4.11. The van der Waals surface area contributed by atoms with Gasteiger partial charge in [-0.2, -0.15) is 5.26 Å². The number of aromatic nitrogens is 1. The van der Waals surface area contributed by atoms with E-state index in [1.165, 1.54) is 6.42 Å². The van der Waals surface area contributed by atoms with Crippen molar-refractivity contribution in [2.45, 2.75) is 26.3 Å². The maximum absolute atomic E-state index is 8.78. The minimum absolute atomic E-state index is 0.552. The zero-order chi connectivity index (χ0) is 10.1. The van der Waals surface area contributed by atoms with Crippen LogP contribution in [-0.4, -0.2) is 11.0 Å². The summed E-state index contributed by atoms with van der Waals surface area (Å²) in [5.74, 6) is 1.57. The van der Waals surface area contributed by atoms with Gasteiger partial charge in [0.05, 0.1) is 11.6 Å². The Morgan fingerprint density at radius 2 is 2.29 bits per heavy atom. The predicted molar refractivity (Wildman–Crippen MR) is 54.9 cm³/mol. The summed E-state index contributed by atoms with van der Waals surface area (Å²) < 4.78 is 0. The molecule has 0 bridgehead atoms. The van der Waals surface area contributed by atoms with E-state index in [0.717, 1.165) is 17.4 Å². The molecule has 1 heterocycles. The summed E-state index contributed by atoms with van der Waals surface area (Å²) in [6, 6.07) is 6.28. The van der Waals surface area contributed by atoms with E-state index in [4.69, 9.17) is 5.26 Å². The minimum Gasteiger partial charge on any atom is -0.367 e. The van der Waals surface area contributed by atoms with Crippen LogP contribution >= 0.6 is 0 Å². The van der Waals surface area contributed by atoms with Gasteiger partial charge in [0.1, 0.15) is 5.82 Å². The van der Waals surface area contributed by atoms with E-state index in [-0.39, 0.29) is 0 Å². The monoisotopic (exact) mass is 187 g/mol. The second kappa shape index (κ2) is 3.30. The molecule has 0 radical (unpaired) electrons. The van der Waals surface area contributed by atoms with Crippen LogP contribution in [0.5, 0.6) is 0 Å². The number of nitrogens with one attached hydrogen (secondary N) is 1. The highest BCUT2D eigenvalue weighted by Gasteiger charge is 2.32. The van der Waals surface area contributed by atoms with Crippen molar-refractivity contribution < 1.29 is 0 Å². The van der Waals surface area contributed by atoms with Crippen molar-refractivity contribution in [1.82, 2.24) is 4.98 Å². The predicted octanol–water partition coefficient (Wildman–Crippen LogP) is 2.08. The Morgan fingerprint density at radius 1 is 1.57 bits per heavy atom. The Balaban J connectivity index is 2.17. The maximum Gasteiger partial charge on any atom is 0.127 e. The number of anilines is 1. The fraction of sp³-hybridized carbons (Fsp3) is 0.455. The molecule has 1 aliphatic carbocycles. The van der Waals surface area contributed by atoms with Crippen molar-refractivity contribution in [1.29, 1.82) is 5.26 Å². The molecule has 0 aromatic carbocycles. The van der Waals surface area contributed by atoms with E-state index in [1.54, 1.807) is 12.1 Å². The van der Waals surface area contributed by atoms with E-state index in [2.05, 4.69) is 23.3 Å². The molecule has 2 atom stereocenters. The molecule has 14 heavy (non-hydrogen) atoms. The van der Waals surface area contributed by atoms with Gasteiger partial charge in [-0.05, 0) is 31.4 Å². The first-order chi connectivity index (χ1) is 6.69. The molecule has 1 fully saturated rings. The van der Waals surface area contributed by atoms with Gasteiger partial charge in [-0.3, -0.25) is 0 Å². The van der Waals surface area contributed by atoms with E-state index < -0.39 is 0 Å². The van der Waals surface area contributed by atoms with Crippen LogP contribution in [0.2, 0.25) is 0 Å². The molecule has 0 amide bonds. The van der Waals surface area contributed by atoms with Gasteiger partial charge in [0.15, 0.2) is 0 Å². The Labute approximate surface area is 83.8 Å². The summed E-state index contributed by atoms with van der Waals surface area (Å²) >= 11 is 0. The first-order valence-electron chi connectivity index (χ1n) is 4.84. The van der Waals surface area contributed by atoms with Crippen molar-refractivity contribution in [3.63, 3.8) is 0 Å². The molecule has 1 N–H and O–H groups in total. The highest BCUT2D eigenvalue weighted by Crippen LogP contribution is 2.32. The Morgan fingerprint density at radius 3 is 2.86 bits per heavy atom. The van der Waals surface area contributed by atoms with Crippen LogP contribution < -0.4 is 5.32 Å². The molecule has 1 aliphatic rings. The Bertz CT molecular complexity index is 392. The van der Waals surface area contributed by atoms with Crippen molar-refractivity contribution >= 4 is 5.82 Å². The van der Waals surface area contributed by atoms with Gasteiger partial charge < -0.3 is 5.32 Å². The summed E-state index contributed by atoms with van der Waals surface area (Å²) in [4.78, 5) is 4.33. The highest BCUT2D eigenvalue weighted by molar-refractivity contribution is 5.45. The molecule has 0 aliphatic heterocycles. The molecule has 3 nitrogen and oxygen atoms in total. The second-order valence-electron chi connectivity index (χ2n) is 3.96. The van der Waals surface area contributed by atoms with Gasteiger partial charge in [0.2, 0.25) is 0 Å².